The van der Waals surface area contributed by atoms with Crippen molar-refractivity contribution >= 4 is 41.5 Å². The van der Waals surface area contributed by atoms with E-state index in [4.69, 9.17) is 11.6 Å². The highest BCUT2D eigenvalue weighted by Crippen LogP contribution is 2.17. The van der Waals surface area contributed by atoms with Gasteiger partial charge in [0.05, 0.1) is 12.6 Å². The number of benzene rings is 1. The van der Waals surface area contributed by atoms with Crippen molar-refractivity contribution in [3.8, 4) is 0 Å². The van der Waals surface area contributed by atoms with Gasteiger partial charge in [0, 0.05) is 31.1 Å². The number of aliphatic hydroxyl groups excluding tert-OH is 1. The number of rotatable bonds is 4. The van der Waals surface area contributed by atoms with Crippen LogP contribution in [0.5, 0.6) is 0 Å². The van der Waals surface area contributed by atoms with E-state index in [0.717, 1.165) is 30.8 Å². The van der Waals surface area contributed by atoms with Crippen molar-refractivity contribution in [2.45, 2.75) is 31.5 Å². The minimum Gasteiger partial charge on any atom is -0.387 e. The van der Waals surface area contributed by atoms with Gasteiger partial charge < -0.3 is 15.7 Å². The molecule has 2 unspecified atom stereocenters. The molecule has 0 fully saturated rings. The maximum Gasteiger partial charge on any atom is 0.191 e. The molecule has 0 bridgehead atoms. The van der Waals surface area contributed by atoms with Gasteiger partial charge in [-0.15, -0.1) is 24.0 Å². The molecule has 0 amide bonds. The summed E-state index contributed by atoms with van der Waals surface area (Å²) in [5.74, 6) is 1.68. The quantitative estimate of drug-likeness (QED) is 0.356. The number of nitrogens with one attached hydrogen (secondary N) is 2. The lowest BCUT2D eigenvalue weighted by Gasteiger charge is -2.25. The number of aliphatic hydroxyl groups is 1. The lowest BCUT2D eigenvalue weighted by Crippen LogP contribution is -2.47. The van der Waals surface area contributed by atoms with Gasteiger partial charge in [-0.05, 0) is 24.1 Å². The summed E-state index contributed by atoms with van der Waals surface area (Å²) >= 11 is 5.96. The van der Waals surface area contributed by atoms with Crippen LogP contribution in [-0.2, 0) is 13.0 Å². The normalized spacial score (nSPS) is 18.0. The van der Waals surface area contributed by atoms with Gasteiger partial charge in [0.1, 0.15) is 12.2 Å². The second kappa shape index (κ2) is 9.35. The van der Waals surface area contributed by atoms with Crippen molar-refractivity contribution in [1.29, 1.82) is 0 Å². The second-order valence-corrected chi connectivity index (χ2v) is 6.20. The van der Waals surface area contributed by atoms with Crippen LogP contribution in [0.2, 0.25) is 5.02 Å². The molecule has 1 aliphatic heterocycles. The molecule has 7 nitrogen and oxygen atoms in total. The summed E-state index contributed by atoms with van der Waals surface area (Å²) < 4.78 is 1.91. The van der Waals surface area contributed by atoms with Crippen molar-refractivity contribution in [3.05, 3.63) is 47.0 Å². The topological polar surface area (TPSA) is 87.4 Å². The molecule has 136 valence electrons. The zero-order valence-corrected chi connectivity index (χ0v) is 17.0. The molecule has 0 saturated heterocycles. The molecule has 0 saturated carbocycles. The van der Waals surface area contributed by atoms with Crippen LogP contribution >= 0.6 is 35.6 Å². The highest BCUT2D eigenvalue weighted by atomic mass is 127. The zero-order chi connectivity index (χ0) is 16.9. The summed E-state index contributed by atoms with van der Waals surface area (Å²) in [4.78, 5) is 8.45. The van der Waals surface area contributed by atoms with E-state index in [1.807, 2.05) is 16.8 Å². The van der Waals surface area contributed by atoms with E-state index in [-0.39, 0.29) is 30.0 Å². The number of halogens is 2. The van der Waals surface area contributed by atoms with E-state index in [2.05, 4.69) is 25.7 Å². The molecule has 9 heteroatoms. The summed E-state index contributed by atoms with van der Waals surface area (Å²) in [7, 11) is 1.71. The Balaban J connectivity index is 0.00000225. The Morgan fingerprint density at radius 2 is 2.36 bits per heavy atom. The number of hydrogen-bond donors (Lipinski definition) is 3. The number of aryl methyl sites for hydroxylation is 1. The van der Waals surface area contributed by atoms with Gasteiger partial charge in [-0.3, -0.25) is 4.99 Å². The van der Waals surface area contributed by atoms with Gasteiger partial charge in [-0.2, -0.15) is 5.10 Å². The Kier molecular flexibility index (Phi) is 7.45. The molecule has 1 aliphatic rings. The summed E-state index contributed by atoms with van der Waals surface area (Å²) in [6.07, 6.45) is 2.79. The van der Waals surface area contributed by atoms with Gasteiger partial charge >= 0.3 is 0 Å². The Morgan fingerprint density at radius 3 is 3.12 bits per heavy atom. The minimum absolute atomic E-state index is 0. The first-order valence-electron chi connectivity index (χ1n) is 7.93. The molecule has 1 aromatic carbocycles. The van der Waals surface area contributed by atoms with E-state index in [0.29, 0.717) is 17.5 Å². The summed E-state index contributed by atoms with van der Waals surface area (Å²) in [6.45, 7) is 1.11. The molecule has 0 aliphatic carbocycles. The molecule has 3 rings (SSSR count). The second-order valence-electron chi connectivity index (χ2n) is 5.76. The van der Waals surface area contributed by atoms with Crippen LogP contribution in [0.15, 0.2) is 35.6 Å². The number of fused-ring (bicyclic) bond motifs is 1. The maximum absolute atomic E-state index is 10.3. The van der Waals surface area contributed by atoms with Crippen molar-refractivity contribution in [3.63, 3.8) is 0 Å². The van der Waals surface area contributed by atoms with Gasteiger partial charge in [0.2, 0.25) is 0 Å². The Bertz CT molecular complexity index is 722. The average molecular weight is 477 g/mol. The Hall–Kier alpha value is -1.39. The standard InChI is InChI=1S/C16H21ClN6O.HI/c1-18-16(19-8-14(24)11-3-2-4-12(17)7-11)22-13-5-6-15-20-10-21-23(15)9-13;/h2-4,7,10,13-14,24H,5-6,8-9H2,1H3,(H2,18,19,22);1H. The first-order valence-corrected chi connectivity index (χ1v) is 8.31. The third-order valence-electron chi connectivity index (χ3n) is 4.07. The zero-order valence-electron chi connectivity index (χ0n) is 13.9. The van der Waals surface area contributed by atoms with Crippen LogP contribution in [0.25, 0.3) is 0 Å². The van der Waals surface area contributed by atoms with Crippen LogP contribution in [0.1, 0.15) is 23.9 Å². The van der Waals surface area contributed by atoms with E-state index in [1.54, 1.807) is 25.5 Å². The predicted octanol–water partition coefficient (Wildman–Crippen LogP) is 1.76. The van der Waals surface area contributed by atoms with Crippen LogP contribution in [0, 0.1) is 0 Å². The molecular formula is C16H22ClIN6O. The van der Waals surface area contributed by atoms with Gasteiger partial charge in [0.25, 0.3) is 0 Å². The fourth-order valence-corrected chi connectivity index (χ4v) is 2.97. The highest BCUT2D eigenvalue weighted by molar-refractivity contribution is 14.0. The molecule has 2 aromatic rings. The Labute approximate surface area is 168 Å². The summed E-state index contributed by atoms with van der Waals surface area (Å²) in [6, 6.07) is 7.45. The predicted molar refractivity (Wildman–Crippen MR) is 108 cm³/mol. The van der Waals surface area contributed by atoms with Crippen LogP contribution in [0.4, 0.5) is 0 Å². The van der Waals surface area contributed by atoms with Gasteiger partial charge in [0.15, 0.2) is 5.96 Å². The highest BCUT2D eigenvalue weighted by Gasteiger charge is 2.20. The molecule has 2 heterocycles. The van der Waals surface area contributed by atoms with E-state index in [1.165, 1.54) is 0 Å². The first-order chi connectivity index (χ1) is 11.7. The van der Waals surface area contributed by atoms with E-state index >= 15 is 0 Å². The molecule has 1 aromatic heterocycles. The minimum atomic E-state index is -0.657. The third kappa shape index (κ3) is 5.29. The van der Waals surface area contributed by atoms with Gasteiger partial charge in [-0.25, -0.2) is 9.67 Å². The van der Waals surface area contributed by atoms with E-state index in [9.17, 15) is 5.11 Å². The molecule has 2 atom stereocenters. The fourth-order valence-electron chi connectivity index (χ4n) is 2.77. The number of guanidine groups is 1. The molecule has 25 heavy (non-hydrogen) atoms. The molecular weight excluding hydrogens is 455 g/mol. The monoisotopic (exact) mass is 476 g/mol. The van der Waals surface area contributed by atoms with Crippen molar-refractivity contribution in [1.82, 2.24) is 25.4 Å². The lowest BCUT2D eigenvalue weighted by molar-refractivity contribution is 0.180. The smallest absolute Gasteiger partial charge is 0.191 e. The molecule has 3 N–H and O–H groups in total. The SMILES string of the molecule is CN=C(NCC(O)c1cccc(Cl)c1)NC1CCc2ncnn2C1.I. The van der Waals surface area contributed by atoms with Crippen molar-refractivity contribution in [2.75, 3.05) is 13.6 Å². The molecule has 0 radical (unpaired) electrons. The number of nitrogens with zero attached hydrogens (tertiary/aromatic N) is 4. The fraction of sp³-hybridized carbons (Fsp3) is 0.438. The van der Waals surface area contributed by atoms with Crippen LogP contribution in [-0.4, -0.2) is 45.5 Å². The maximum atomic E-state index is 10.3. The van der Waals surface area contributed by atoms with Gasteiger partial charge in [-0.1, -0.05) is 23.7 Å². The largest absolute Gasteiger partial charge is 0.387 e. The first kappa shape index (κ1) is 19.9. The number of aliphatic imine (C=N–C) groups is 1. The van der Waals surface area contributed by atoms with E-state index < -0.39 is 6.10 Å². The van der Waals surface area contributed by atoms with Crippen molar-refractivity contribution in [2.24, 2.45) is 4.99 Å². The average Bonchev–Trinajstić information content (AvgIpc) is 3.06. The molecule has 0 spiro atoms. The number of aromatic nitrogens is 3. The Morgan fingerprint density at radius 1 is 1.52 bits per heavy atom. The number of hydrogen-bond acceptors (Lipinski definition) is 4. The van der Waals surface area contributed by atoms with Crippen LogP contribution < -0.4 is 10.6 Å². The van der Waals surface area contributed by atoms with Crippen LogP contribution in [0.3, 0.4) is 0 Å². The summed E-state index contributed by atoms with van der Waals surface area (Å²) in [5, 5.41) is 21.6. The lowest BCUT2D eigenvalue weighted by atomic mass is 10.1. The third-order valence-corrected chi connectivity index (χ3v) is 4.30. The van der Waals surface area contributed by atoms with Crippen molar-refractivity contribution < 1.29 is 5.11 Å². The summed E-state index contributed by atoms with van der Waals surface area (Å²) in [5.41, 5.74) is 0.773.